The fourth-order valence-electron chi connectivity index (χ4n) is 8.84. The van der Waals surface area contributed by atoms with Crippen molar-refractivity contribution in [2.75, 3.05) is 8.88 Å². The first-order valence-electron chi connectivity index (χ1n) is 23.7. The molecule has 0 heterocycles. The molecule has 0 aliphatic carbocycles. The van der Waals surface area contributed by atoms with E-state index in [-0.39, 0.29) is 0 Å². The van der Waals surface area contributed by atoms with Crippen LogP contribution in [0, 0.1) is 0 Å². The molecule has 68 heavy (non-hydrogen) atoms. The maximum absolute atomic E-state index is 2.95. The number of nitrogens with zero attached hydrogens (tertiary/aromatic N) is 2. The van der Waals surface area contributed by atoms with Gasteiger partial charge in [-0.25, -0.2) is 0 Å². The largest absolute Gasteiger partial charge is 0.328 e. The number of benzene rings is 9. The van der Waals surface area contributed by atoms with Crippen molar-refractivity contribution >= 4 is 43.7 Å². The Morgan fingerprint density at radius 3 is 0.441 bits per heavy atom. The first-order valence-corrected chi connectivity index (χ1v) is 30.4. The van der Waals surface area contributed by atoms with E-state index in [1.807, 2.05) is 0 Å². The summed E-state index contributed by atoms with van der Waals surface area (Å²) < 4.78 is 5.90. The van der Waals surface area contributed by atoms with E-state index >= 15 is 0 Å². The van der Waals surface area contributed by atoms with Crippen molar-refractivity contribution in [3.8, 4) is 0 Å². The molecule has 0 atom stereocenters. The maximum Gasteiger partial charge on any atom is 0.0435 e. The van der Waals surface area contributed by atoms with Gasteiger partial charge in [0.05, 0.1) is 0 Å². The van der Waals surface area contributed by atoms with Gasteiger partial charge in [0.15, 0.2) is 0 Å². The Bertz CT molecular complexity index is 2250. The van der Waals surface area contributed by atoms with Crippen molar-refractivity contribution in [1.82, 2.24) is 0 Å². The summed E-state index contributed by atoms with van der Waals surface area (Å²) in [7, 11) is -2.85. The molecule has 0 saturated carbocycles. The third-order valence-electron chi connectivity index (χ3n) is 12.0. The van der Waals surface area contributed by atoms with Crippen molar-refractivity contribution in [2.24, 2.45) is 0 Å². The normalized spacial score (nSPS) is 11.4. The average molecular weight is 957 g/mol. The van der Waals surface area contributed by atoms with Gasteiger partial charge < -0.3 is 8.88 Å². The van der Waals surface area contributed by atoms with Gasteiger partial charge in [-0.15, -0.1) is 0 Å². The molecule has 0 unspecified atom stereocenters. The third-order valence-corrected chi connectivity index (χ3v) is 24.0. The van der Waals surface area contributed by atoms with Gasteiger partial charge in [-0.05, 0) is 68.8 Å². The van der Waals surface area contributed by atoms with Gasteiger partial charge in [-0.1, -0.05) is 243 Å². The van der Waals surface area contributed by atoms with Crippen LogP contribution in [0.1, 0.15) is 44.5 Å². The van der Waals surface area contributed by atoms with E-state index in [0.717, 1.165) is 49.3 Å². The molecule has 2 nitrogen and oxygen atoms in total. The second-order valence-electron chi connectivity index (χ2n) is 17.3. The summed E-state index contributed by atoms with van der Waals surface area (Å²) >= 11 is 0. The Hall–Kier alpha value is -5.70. The molecule has 0 radical (unpaired) electrons. The van der Waals surface area contributed by atoms with Gasteiger partial charge in [0.1, 0.15) is 0 Å². The summed E-state index contributed by atoms with van der Waals surface area (Å²) in [4.78, 5) is 0. The maximum atomic E-state index is 2.95. The highest BCUT2D eigenvalue weighted by molar-refractivity contribution is 7.76. The molecule has 9 aromatic carbocycles. The summed E-state index contributed by atoms with van der Waals surface area (Å²) in [6.07, 6.45) is 8.11. The zero-order chi connectivity index (χ0) is 46.0. The van der Waals surface area contributed by atoms with Crippen molar-refractivity contribution in [1.29, 1.82) is 0 Å². The van der Waals surface area contributed by atoms with Gasteiger partial charge in [-0.2, -0.15) is 0 Å². The Balaban J connectivity index is 1.19. The van der Waals surface area contributed by atoms with Crippen molar-refractivity contribution in [3.05, 3.63) is 311 Å². The summed E-state index contributed by atoms with van der Waals surface area (Å²) in [6, 6.07) is 99.9. The summed E-state index contributed by atoms with van der Waals surface area (Å²) in [6.45, 7) is 0. The Morgan fingerprint density at radius 2 is 0.309 bits per heavy atom. The minimum Gasteiger partial charge on any atom is -0.328 e. The van der Waals surface area contributed by atoms with Crippen LogP contribution in [-0.4, -0.2) is 0 Å². The molecule has 0 bridgehead atoms. The second-order valence-corrected chi connectivity index (χ2v) is 26.1. The molecule has 0 aromatic heterocycles. The Morgan fingerprint density at radius 1 is 0.176 bits per heavy atom. The molecule has 9 aromatic rings. The molecule has 0 aliphatic rings. The zero-order valence-corrected chi connectivity index (χ0v) is 42.3. The lowest BCUT2D eigenvalue weighted by atomic mass is 10.2. The van der Waals surface area contributed by atoms with E-state index in [9.17, 15) is 0 Å². The van der Waals surface area contributed by atoms with Crippen molar-refractivity contribution < 1.29 is 0 Å². The molecular formula is C62H60N2P4. The molecular weight excluding hydrogens is 897 g/mol. The minimum atomic E-state index is -0.712. The predicted molar refractivity (Wildman–Crippen MR) is 300 cm³/mol. The highest BCUT2D eigenvalue weighted by Crippen LogP contribution is 2.66. The quantitative estimate of drug-likeness (QED) is 0.0625. The number of rotatable bonds is 22. The Labute approximate surface area is 411 Å². The molecule has 0 fully saturated rings. The molecule has 0 N–H and O–H groups in total. The van der Waals surface area contributed by atoms with E-state index in [1.165, 1.54) is 55.9 Å². The van der Waals surface area contributed by atoms with Gasteiger partial charge in [0.25, 0.3) is 0 Å². The van der Waals surface area contributed by atoms with Gasteiger partial charge in [-0.3, -0.25) is 0 Å². The summed E-state index contributed by atoms with van der Waals surface area (Å²) in [5, 5.41) is 0. The topological polar surface area (TPSA) is 6.48 Å². The Kier molecular flexibility index (Phi) is 17.5. The molecule has 0 aliphatic heterocycles. The van der Waals surface area contributed by atoms with Gasteiger partial charge in [0.2, 0.25) is 0 Å². The SMILES string of the molecule is c1ccc(CP(Cc2ccccc2)N(c2ccc(N(P(Cc3ccccc3)Cc3ccccc3)P(Cc3ccccc3)Cc3ccccc3)cc2)P(Cc2ccccc2)Cc2ccccc2)cc1. The van der Waals surface area contributed by atoms with Crippen LogP contribution in [-0.2, 0) is 49.3 Å². The highest BCUT2D eigenvalue weighted by Gasteiger charge is 2.31. The molecule has 6 heteroatoms. The van der Waals surface area contributed by atoms with E-state index in [1.54, 1.807) is 0 Å². The summed E-state index contributed by atoms with van der Waals surface area (Å²) in [5.41, 5.74) is 13.9. The fourth-order valence-corrected chi connectivity index (χ4v) is 21.6. The molecule has 0 spiro atoms. The lowest BCUT2D eigenvalue weighted by Crippen LogP contribution is -2.18. The highest BCUT2D eigenvalue weighted by atomic mass is 31.2. The summed E-state index contributed by atoms with van der Waals surface area (Å²) in [5.74, 6) is 0. The van der Waals surface area contributed by atoms with Crippen LogP contribution in [0.5, 0.6) is 0 Å². The van der Waals surface area contributed by atoms with Crippen LogP contribution in [0.3, 0.4) is 0 Å². The molecule has 9 rings (SSSR count). The van der Waals surface area contributed by atoms with E-state index in [0.29, 0.717) is 0 Å². The number of hydrogen-bond acceptors (Lipinski definition) is 2. The first kappa shape index (κ1) is 47.4. The van der Waals surface area contributed by atoms with E-state index in [2.05, 4.69) is 276 Å². The van der Waals surface area contributed by atoms with Gasteiger partial charge in [0, 0.05) is 93.0 Å². The fraction of sp³-hybridized carbons (Fsp3) is 0.129. The number of hydrogen-bond donors (Lipinski definition) is 0. The van der Waals surface area contributed by atoms with Crippen LogP contribution in [0.4, 0.5) is 11.4 Å². The lowest BCUT2D eigenvalue weighted by Gasteiger charge is -2.42. The minimum absolute atomic E-state index is 0.712. The lowest BCUT2D eigenvalue weighted by molar-refractivity contribution is 1.25. The van der Waals surface area contributed by atoms with Crippen molar-refractivity contribution in [2.45, 2.75) is 49.3 Å². The van der Waals surface area contributed by atoms with E-state index in [4.69, 9.17) is 0 Å². The van der Waals surface area contributed by atoms with Crippen LogP contribution in [0.2, 0.25) is 0 Å². The standard InChI is InChI=1S/C62H60N2P4/c1-9-25-53(26-10-1)45-65(46-54-27-11-2-12-28-54)63(66(47-55-29-13-3-14-30-55)48-56-31-15-4-16-32-56)61-41-43-62(44-42-61)64(67(49-57-33-17-5-18-34-57)50-58-35-19-6-20-36-58)68(51-59-37-21-7-22-38-59)52-60-39-23-8-24-40-60/h1-44H,45-52H2. The third kappa shape index (κ3) is 13.7. The van der Waals surface area contributed by atoms with Crippen LogP contribution >= 0.6 is 32.3 Å². The van der Waals surface area contributed by atoms with Crippen LogP contribution in [0.15, 0.2) is 267 Å². The molecule has 0 saturated heterocycles. The smallest absolute Gasteiger partial charge is 0.0435 e. The van der Waals surface area contributed by atoms with E-state index < -0.39 is 32.3 Å². The molecule has 0 amide bonds. The first-order chi connectivity index (χ1) is 33.7. The van der Waals surface area contributed by atoms with Crippen molar-refractivity contribution in [3.63, 3.8) is 0 Å². The predicted octanol–water partition coefficient (Wildman–Crippen LogP) is 18.5. The van der Waals surface area contributed by atoms with Crippen LogP contribution < -0.4 is 8.88 Å². The van der Waals surface area contributed by atoms with Gasteiger partial charge >= 0.3 is 0 Å². The molecule has 338 valence electrons. The van der Waals surface area contributed by atoms with Crippen LogP contribution in [0.25, 0.3) is 0 Å². The average Bonchev–Trinajstić information content (AvgIpc) is 3.39. The zero-order valence-electron chi connectivity index (χ0n) is 38.7. The number of anilines is 2. The second kappa shape index (κ2) is 25.1. The monoisotopic (exact) mass is 956 g/mol.